The van der Waals surface area contributed by atoms with Crippen LogP contribution in [0.15, 0.2) is 47.3 Å². The molecule has 0 N–H and O–H groups in total. The van der Waals surface area contributed by atoms with E-state index in [4.69, 9.17) is 4.74 Å². The molecule has 1 aliphatic heterocycles. The standard InChI is InChI=1S/C18H16N2O2/c1-11-7-12(2)15(13(3)8-11)9-16-18(21)22-17(20-16)14-5-4-6-19-10-14/h4-10H,1-3H3/b16-9-. The van der Waals surface area contributed by atoms with E-state index in [0.29, 0.717) is 17.2 Å². The number of aliphatic imine (C=N–C) groups is 1. The summed E-state index contributed by atoms with van der Waals surface area (Å²) in [5.41, 5.74) is 5.44. The van der Waals surface area contributed by atoms with E-state index in [-0.39, 0.29) is 0 Å². The lowest BCUT2D eigenvalue weighted by atomic mass is 9.99. The van der Waals surface area contributed by atoms with Crippen LogP contribution in [-0.2, 0) is 9.53 Å². The summed E-state index contributed by atoms with van der Waals surface area (Å²) < 4.78 is 5.24. The van der Waals surface area contributed by atoms with Crippen molar-refractivity contribution in [2.45, 2.75) is 20.8 Å². The molecule has 0 atom stereocenters. The van der Waals surface area contributed by atoms with Gasteiger partial charge in [-0.05, 0) is 55.7 Å². The normalized spacial score (nSPS) is 15.9. The number of pyridine rings is 1. The van der Waals surface area contributed by atoms with Gasteiger partial charge in [0.25, 0.3) is 0 Å². The molecule has 4 nitrogen and oxygen atoms in total. The summed E-state index contributed by atoms with van der Waals surface area (Å²) in [6, 6.07) is 7.77. The molecule has 0 radical (unpaired) electrons. The van der Waals surface area contributed by atoms with Crippen LogP contribution in [0.25, 0.3) is 6.08 Å². The van der Waals surface area contributed by atoms with Gasteiger partial charge in [-0.15, -0.1) is 0 Å². The Morgan fingerprint density at radius 1 is 1.14 bits per heavy atom. The fourth-order valence-electron chi connectivity index (χ4n) is 2.58. The van der Waals surface area contributed by atoms with Crippen LogP contribution < -0.4 is 0 Å². The molecule has 0 unspecified atom stereocenters. The van der Waals surface area contributed by atoms with Gasteiger partial charge in [-0.25, -0.2) is 9.79 Å². The molecule has 3 rings (SSSR count). The quantitative estimate of drug-likeness (QED) is 0.630. The van der Waals surface area contributed by atoms with Crippen LogP contribution in [0, 0.1) is 20.8 Å². The Labute approximate surface area is 129 Å². The van der Waals surface area contributed by atoms with Crippen LogP contribution in [0.1, 0.15) is 27.8 Å². The second-order valence-corrected chi connectivity index (χ2v) is 5.39. The van der Waals surface area contributed by atoms with Crippen LogP contribution >= 0.6 is 0 Å². The van der Waals surface area contributed by atoms with Gasteiger partial charge in [-0.3, -0.25) is 4.98 Å². The minimum atomic E-state index is -0.432. The molecule has 0 amide bonds. The first-order valence-corrected chi connectivity index (χ1v) is 7.05. The molecule has 110 valence electrons. The van der Waals surface area contributed by atoms with Crippen molar-refractivity contribution in [3.63, 3.8) is 0 Å². The van der Waals surface area contributed by atoms with E-state index < -0.39 is 5.97 Å². The molecule has 2 heterocycles. The van der Waals surface area contributed by atoms with Crippen molar-refractivity contribution in [1.82, 2.24) is 4.98 Å². The van der Waals surface area contributed by atoms with E-state index >= 15 is 0 Å². The molecule has 0 bridgehead atoms. The largest absolute Gasteiger partial charge is 0.402 e. The lowest BCUT2D eigenvalue weighted by molar-refractivity contribution is -0.129. The summed E-state index contributed by atoms with van der Waals surface area (Å²) in [5, 5.41) is 0. The van der Waals surface area contributed by atoms with Gasteiger partial charge in [0, 0.05) is 12.4 Å². The first-order valence-electron chi connectivity index (χ1n) is 7.05. The minimum Gasteiger partial charge on any atom is -0.402 e. The van der Waals surface area contributed by atoms with E-state index in [1.807, 2.05) is 19.9 Å². The van der Waals surface area contributed by atoms with Gasteiger partial charge in [-0.2, -0.15) is 0 Å². The van der Waals surface area contributed by atoms with Crippen LogP contribution in [0.2, 0.25) is 0 Å². The van der Waals surface area contributed by atoms with Gasteiger partial charge in [0.1, 0.15) is 0 Å². The zero-order valence-corrected chi connectivity index (χ0v) is 12.8. The second-order valence-electron chi connectivity index (χ2n) is 5.39. The Balaban J connectivity index is 2.02. The maximum absolute atomic E-state index is 12.0. The summed E-state index contributed by atoms with van der Waals surface area (Å²) in [6.07, 6.45) is 5.07. The number of hydrogen-bond acceptors (Lipinski definition) is 4. The number of carbonyl (C=O) groups is 1. The fraction of sp³-hybridized carbons (Fsp3) is 0.167. The third-order valence-corrected chi connectivity index (χ3v) is 3.55. The summed E-state index contributed by atoms with van der Waals surface area (Å²) in [6.45, 7) is 6.11. The lowest BCUT2D eigenvalue weighted by Gasteiger charge is -2.07. The highest BCUT2D eigenvalue weighted by molar-refractivity contribution is 6.12. The number of nitrogens with zero attached hydrogens (tertiary/aromatic N) is 2. The second kappa shape index (κ2) is 5.56. The lowest BCUT2D eigenvalue weighted by Crippen LogP contribution is -2.05. The zero-order valence-electron chi connectivity index (χ0n) is 12.8. The first kappa shape index (κ1) is 14.2. The third kappa shape index (κ3) is 2.68. The molecule has 1 aromatic heterocycles. The Hall–Kier alpha value is -2.75. The van der Waals surface area contributed by atoms with Crippen molar-refractivity contribution < 1.29 is 9.53 Å². The number of benzene rings is 1. The van der Waals surface area contributed by atoms with Gasteiger partial charge in [0.05, 0.1) is 5.56 Å². The fourth-order valence-corrected chi connectivity index (χ4v) is 2.58. The van der Waals surface area contributed by atoms with Gasteiger partial charge in [0.15, 0.2) is 5.70 Å². The highest BCUT2D eigenvalue weighted by Gasteiger charge is 2.24. The van der Waals surface area contributed by atoms with Gasteiger partial charge >= 0.3 is 5.97 Å². The van der Waals surface area contributed by atoms with Crippen LogP contribution in [0.4, 0.5) is 0 Å². The zero-order chi connectivity index (χ0) is 15.7. The number of esters is 1. The van der Waals surface area contributed by atoms with Crippen molar-refractivity contribution in [3.05, 3.63) is 70.2 Å². The van der Waals surface area contributed by atoms with E-state index in [2.05, 4.69) is 29.0 Å². The van der Waals surface area contributed by atoms with Gasteiger partial charge in [-0.1, -0.05) is 17.7 Å². The van der Waals surface area contributed by atoms with Crippen molar-refractivity contribution >= 4 is 17.9 Å². The average Bonchev–Trinajstić information content (AvgIpc) is 2.85. The molecule has 2 aromatic rings. The molecule has 22 heavy (non-hydrogen) atoms. The number of cyclic esters (lactones) is 1. The highest BCUT2D eigenvalue weighted by atomic mass is 16.6. The maximum atomic E-state index is 12.0. The average molecular weight is 292 g/mol. The van der Waals surface area contributed by atoms with Crippen molar-refractivity contribution in [2.75, 3.05) is 0 Å². The van der Waals surface area contributed by atoms with E-state index in [9.17, 15) is 4.79 Å². The molecule has 0 aliphatic carbocycles. The summed E-state index contributed by atoms with van der Waals surface area (Å²) >= 11 is 0. The number of ether oxygens (including phenoxy) is 1. The first-order chi connectivity index (χ1) is 10.5. The highest BCUT2D eigenvalue weighted by Crippen LogP contribution is 2.23. The third-order valence-electron chi connectivity index (χ3n) is 3.55. The van der Waals surface area contributed by atoms with Gasteiger partial charge < -0.3 is 4.74 Å². The summed E-state index contributed by atoms with van der Waals surface area (Å²) in [4.78, 5) is 20.3. The Morgan fingerprint density at radius 2 is 1.86 bits per heavy atom. The maximum Gasteiger partial charge on any atom is 0.363 e. The van der Waals surface area contributed by atoms with E-state index in [0.717, 1.165) is 16.7 Å². The van der Waals surface area contributed by atoms with E-state index in [1.54, 1.807) is 24.5 Å². The smallest absolute Gasteiger partial charge is 0.363 e. The molecule has 1 aromatic carbocycles. The topological polar surface area (TPSA) is 51.6 Å². The molecule has 0 spiro atoms. The SMILES string of the molecule is Cc1cc(C)c(/C=C2\N=C(c3cccnc3)OC2=O)c(C)c1. The Morgan fingerprint density at radius 3 is 2.50 bits per heavy atom. The molecular weight excluding hydrogens is 276 g/mol. The molecule has 1 aliphatic rings. The predicted molar refractivity (Wildman–Crippen MR) is 85.5 cm³/mol. The number of carbonyl (C=O) groups excluding carboxylic acids is 1. The molecule has 0 saturated heterocycles. The van der Waals surface area contributed by atoms with Crippen molar-refractivity contribution in [1.29, 1.82) is 0 Å². The summed E-state index contributed by atoms with van der Waals surface area (Å²) in [7, 11) is 0. The van der Waals surface area contributed by atoms with Crippen LogP contribution in [-0.4, -0.2) is 16.9 Å². The number of aryl methyl sites for hydroxylation is 3. The van der Waals surface area contributed by atoms with Crippen LogP contribution in [0.3, 0.4) is 0 Å². The predicted octanol–water partition coefficient (Wildman–Crippen LogP) is 3.35. The van der Waals surface area contributed by atoms with Crippen molar-refractivity contribution in [2.24, 2.45) is 4.99 Å². The van der Waals surface area contributed by atoms with Gasteiger partial charge in [0.2, 0.25) is 5.90 Å². The molecule has 0 saturated carbocycles. The van der Waals surface area contributed by atoms with Crippen molar-refractivity contribution in [3.8, 4) is 0 Å². The van der Waals surface area contributed by atoms with E-state index in [1.165, 1.54) is 5.56 Å². The molecule has 0 fully saturated rings. The number of aromatic nitrogens is 1. The minimum absolute atomic E-state index is 0.298. The Bertz CT molecular complexity index is 782. The monoisotopic (exact) mass is 292 g/mol. The Kier molecular flexibility index (Phi) is 3.59. The molecule has 4 heteroatoms. The summed E-state index contributed by atoms with van der Waals surface area (Å²) in [5.74, 6) is -0.134. The number of rotatable bonds is 2. The van der Waals surface area contributed by atoms with Crippen LogP contribution in [0.5, 0.6) is 0 Å². The molecular formula is C18H16N2O2. The number of hydrogen-bond donors (Lipinski definition) is 0.